The van der Waals surface area contributed by atoms with Gasteiger partial charge in [0.2, 0.25) is 0 Å². The minimum absolute atomic E-state index is 0.0397. The molecule has 0 amide bonds. The summed E-state index contributed by atoms with van der Waals surface area (Å²) in [5, 5.41) is 0.0397. The SMILES string of the molecule is CC(C)n1cnc(S(=O)(=O)N2Cc3cc(F)ccc3C[C@@H]2C)c1. The number of sulfonamides is 1. The van der Waals surface area contributed by atoms with Crippen molar-refractivity contribution in [1.29, 1.82) is 0 Å². The molecule has 2 heterocycles. The predicted octanol–water partition coefficient (Wildman–Crippen LogP) is 2.74. The standard InChI is InChI=1S/C16H20FN3O2S/c1-11(2)19-9-16(18-10-19)23(21,22)20-8-14-7-15(17)5-4-13(14)6-12(20)3/h4-5,7,9-12H,6,8H2,1-3H3/t12-/m0/s1. The molecule has 7 heteroatoms. The van der Waals surface area contributed by atoms with E-state index in [1.165, 1.54) is 22.8 Å². The highest BCUT2D eigenvalue weighted by atomic mass is 32.2. The second kappa shape index (κ2) is 5.72. The van der Waals surface area contributed by atoms with Crippen LogP contribution in [0.1, 0.15) is 37.9 Å². The highest BCUT2D eigenvalue weighted by Gasteiger charge is 2.34. The molecule has 23 heavy (non-hydrogen) atoms. The number of hydrogen-bond acceptors (Lipinski definition) is 3. The van der Waals surface area contributed by atoms with Crippen LogP contribution in [0.25, 0.3) is 0 Å². The van der Waals surface area contributed by atoms with Gasteiger partial charge < -0.3 is 4.57 Å². The van der Waals surface area contributed by atoms with Gasteiger partial charge in [0.15, 0.2) is 5.03 Å². The topological polar surface area (TPSA) is 55.2 Å². The number of imidazole rings is 1. The smallest absolute Gasteiger partial charge is 0.262 e. The van der Waals surface area contributed by atoms with Crippen LogP contribution in [-0.2, 0) is 23.0 Å². The molecule has 0 radical (unpaired) electrons. The minimum Gasteiger partial charge on any atom is -0.334 e. The summed E-state index contributed by atoms with van der Waals surface area (Å²) in [5.74, 6) is -0.347. The third-order valence-electron chi connectivity index (χ3n) is 4.25. The van der Waals surface area contributed by atoms with E-state index in [4.69, 9.17) is 0 Å². The fourth-order valence-corrected chi connectivity index (χ4v) is 4.39. The molecule has 0 aliphatic carbocycles. The van der Waals surface area contributed by atoms with Crippen molar-refractivity contribution in [2.75, 3.05) is 0 Å². The number of benzene rings is 1. The van der Waals surface area contributed by atoms with Crippen molar-refractivity contribution in [3.05, 3.63) is 47.7 Å². The molecule has 0 unspecified atom stereocenters. The third-order valence-corrected chi connectivity index (χ3v) is 6.09. The average Bonchev–Trinajstić information content (AvgIpc) is 2.97. The van der Waals surface area contributed by atoms with Gasteiger partial charge in [-0.2, -0.15) is 4.31 Å². The summed E-state index contributed by atoms with van der Waals surface area (Å²) >= 11 is 0. The summed E-state index contributed by atoms with van der Waals surface area (Å²) in [6.07, 6.45) is 3.65. The van der Waals surface area contributed by atoms with E-state index in [9.17, 15) is 12.8 Å². The Kier molecular flexibility index (Phi) is 4.01. The van der Waals surface area contributed by atoms with E-state index in [0.717, 1.165) is 11.1 Å². The second-order valence-corrected chi connectivity index (χ2v) is 8.11. The van der Waals surface area contributed by atoms with Crippen LogP contribution >= 0.6 is 0 Å². The lowest BCUT2D eigenvalue weighted by molar-refractivity contribution is 0.307. The summed E-state index contributed by atoms with van der Waals surface area (Å²) < 4.78 is 42.4. The first-order chi connectivity index (χ1) is 10.8. The van der Waals surface area contributed by atoms with E-state index in [-0.39, 0.29) is 29.5 Å². The molecule has 3 rings (SSSR count). The molecular weight excluding hydrogens is 317 g/mol. The maximum Gasteiger partial charge on any atom is 0.262 e. The largest absolute Gasteiger partial charge is 0.334 e. The van der Waals surface area contributed by atoms with Gasteiger partial charge in [0.25, 0.3) is 10.0 Å². The van der Waals surface area contributed by atoms with Crippen molar-refractivity contribution >= 4 is 10.0 Å². The van der Waals surface area contributed by atoms with Gasteiger partial charge in [0.05, 0.1) is 6.33 Å². The summed E-state index contributed by atoms with van der Waals surface area (Å²) in [6.45, 7) is 5.95. The van der Waals surface area contributed by atoms with Crippen molar-refractivity contribution in [3.63, 3.8) is 0 Å². The molecule has 124 valence electrons. The van der Waals surface area contributed by atoms with E-state index < -0.39 is 10.0 Å². The van der Waals surface area contributed by atoms with E-state index in [2.05, 4.69) is 4.98 Å². The quantitative estimate of drug-likeness (QED) is 0.865. The van der Waals surface area contributed by atoms with Crippen LogP contribution in [0.5, 0.6) is 0 Å². The molecule has 0 saturated heterocycles. The average molecular weight is 337 g/mol. The lowest BCUT2D eigenvalue weighted by atomic mass is 9.97. The summed E-state index contributed by atoms with van der Waals surface area (Å²) in [7, 11) is -3.70. The highest BCUT2D eigenvalue weighted by Crippen LogP contribution is 2.29. The Hall–Kier alpha value is -1.73. The van der Waals surface area contributed by atoms with Crippen molar-refractivity contribution in [3.8, 4) is 0 Å². The summed E-state index contributed by atoms with van der Waals surface area (Å²) in [4.78, 5) is 4.05. The molecule has 0 bridgehead atoms. The molecule has 0 fully saturated rings. The van der Waals surface area contributed by atoms with Crippen LogP contribution in [0.3, 0.4) is 0 Å². The van der Waals surface area contributed by atoms with Gasteiger partial charge in [0.1, 0.15) is 5.82 Å². The molecule has 0 saturated carbocycles. The Labute approximate surface area is 135 Å². The fourth-order valence-electron chi connectivity index (χ4n) is 2.86. The fraction of sp³-hybridized carbons (Fsp3) is 0.438. The van der Waals surface area contributed by atoms with Crippen LogP contribution in [0, 0.1) is 5.82 Å². The van der Waals surface area contributed by atoms with Crippen molar-refractivity contribution < 1.29 is 12.8 Å². The van der Waals surface area contributed by atoms with E-state index >= 15 is 0 Å². The van der Waals surface area contributed by atoms with Crippen molar-refractivity contribution in [2.45, 2.75) is 50.8 Å². The lowest BCUT2D eigenvalue weighted by Crippen LogP contribution is -2.42. The Bertz CT molecular complexity index is 830. The van der Waals surface area contributed by atoms with Crippen LogP contribution in [0.4, 0.5) is 4.39 Å². The molecule has 5 nitrogen and oxygen atoms in total. The van der Waals surface area contributed by atoms with Crippen LogP contribution in [-0.4, -0.2) is 28.3 Å². The zero-order chi connectivity index (χ0) is 16.8. The van der Waals surface area contributed by atoms with E-state index in [0.29, 0.717) is 6.42 Å². The Morgan fingerprint density at radius 3 is 2.70 bits per heavy atom. The number of halogens is 1. The molecule has 0 spiro atoms. The number of nitrogens with zero attached hydrogens (tertiary/aromatic N) is 3. The van der Waals surface area contributed by atoms with Gasteiger partial charge in [-0.3, -0.25) is 0 Å². The monoisotopic (exact) mass is 337 g/mol. The van der Waals surface area contributed by atoms with Gasteiger partial charge in [-0.15, -0.1) is 0 Å². The van der Waals surface area contributed by atoms with Gasteiger partial charge in [-0.05, 0) is 50.5 Å². The molecule has 1 aromatic heterocycles. The first-order valence-corrected chi connectivity index (χ1v) is 9.05. The molecule has 1 aliphatic heterocycles. The van der Waals surface area contributed by atoms with Crippen LogP contribution in [0.2, 0.25) is 0 Å². The summed E-state index contributed by atoms with van der Waals surface area (Å²) in [5.41, 5.74) is 1.72. The molecule has 1 atom stereocenters. The molecule has 2 aromatic rings. The minimum atomic E-state index is -3.70. The molecule has 0 N–H and O–H groups in total. The number of rotatable bonds is 3. The Balaban J connectivity index is 1.96. The van der Waals surface area contributed by atoms with Crippen molar-refractivity contribution in [2.24, 2.45) is 0 Å². The maximum atomic E-state index is 13.4. The zero-order valence-electron chi connectivity index (χ0n) is 13.4. The Morgan fingerprint density at radius 2 is 2.04 bits per heavy atom. The lowest BCUT2D eigenvalue weighted by Gasteiger charge is -2.33. The molecular formula is C16H20FN3O2S. The number of aromatic nitrogens is 2. The number of hydrogen-bond donors (Lipinski definition) is 0. The first-order valence-electron chi connectivity index (χ1n) is 7.61. The highest BCUT2D eigenvalue weighted by molar-refractivity contribution is 7.89. The van der Waals surface area contributed by atoms with E-state index in [1.54, 1.807) is 16.8 Å². The molecule has 1 aliphatic rings. The summed E-state index contributed by atoms with van der Waals surface area (Å²) in [6, 6.07) is 4.51. The van der Waals surface area contributed by atoms with Crippen LogP contribution in [0.15, 0.2) is 35.7 Å². The first kappa shape index (κ1) is 16.1. The second-order valence-electron chi connectivity index (χ2n) is 6.27. The maximum absolute atomic E-state index is 13.4. The van der Waals surface area contributed by atoms with E-state index in [1.807, 2.05) is 20.8 Å². The normalized spacial score (nSPS) is 19.1. The van der Waals surface area contributed by atoms with Crippen LogP contribution < -0.4 is 0 Å². The Morgan fingerprint density at radius 1 is 1.30 bits per heavy atom. The number of fused-ring (bicyclic) bond motifs is 1. The predicted molar refractivity (Wildman–Crippen MR) is 84.9 cm³/mol. The molecule has 1 aromatic carbocycles. The van der Waals surface area contributed by atoms with Gasteiger partial charge in [0, 0.05) is 24.8 Å². The van der Waals surface area contributed by atoms with Gasteiger partial charge in [-0.1, -0.05) is 6.07 Å². The third kappa shape index (κ3) is 2.90. The van der Waals surface area contributed by atoms with Gasteiger partial charge >= 0.3 is 0 Å². The van der Waals surface area contributed by atoms with Gasteiger partial charge in [-0.25, -0.2) is 17.8 Å². The zero-order valence-corrected chi connectivity index (χ0v) is 14.2. The van der Waals surface area contributed by atoms with Crippen molar-refractivity contribution in [1.82, 2.24) is 13.9 Å².